The van der Waals surface area contributed by atoms with Gasteiger partial charge in [0.1, 0.15) is 5.78 Å². The zero-order chi connectivity index (χ0) is 14.4. The number of carbonyl (C=O) groups excluding carboxylic acids is 1. The van der Waals surface area contributed by atoms with E-state index in [-0.39, 0.29) is 6.10 Å². The highest BCUT2D eigenvalue weighted by molar-refractivity contribution is 8.01. The molecule has 1 saturated heterocycles. The molecular weight excluding hydrogens is 290 g/mol. The molecule has 112 valence electrons. The number of hydrogen-bond acceptors (Lipinski definition) is 5. The number of aliphatic hydroxyl groups is 1. The number of piperidine rings is 1. The van der Waals surface area contributed by atoms with E-state index in [1.54, 1.807) is 11.3 Å². The van der Waals surface area contributed by atoms with Gasteiger partial charge in [-0.05, 0) is 30.7 Å². The normalized spacial score (nSPS) is 18.4. The van der Waals surface area contributed by atoms with E-state index < -0.39 is 0 Å². The predicted octanol–water partition coefficient (Wildman–Crippen LogP) is 3.34. The van der Waals surface area contributed by atoms with Crippen LogP contribution in [0.4, 0.5) is 0 Å². The minimum absolute atomic E-state index is 0.367. The summed E-state index contributed by atoms with van der Waals surface area (Å²) < 4.78 is 1.30. The highest BCUT2D eigenvalue weighted by Crippen LogP contribution is 2.32. The van der Waals surface area contributed by atoms with Crippen molar-refractivity contribution < 1.29 is 9.90 Å². The van der Waals surface area contributed by atoms with Crippen LogP contribution in [0.25, 0.3) is 0 Å². The lowest BCUT2D eigenvalue weighted by molar-refractivity contribution is -0.121. The van der Waals surface area contributed by atoms with Crippen LogP contribution in [0.1, 0.15) is 43.6 Å². The number of thioether (sulfide) groups is 1. The fourth-order valence-corrected chi connectivity index (χ4v) is 4.37. The van der Waals surface area contributed by atoms with E-state index in [1.165, 1.54) is 10.6 Å². The second kappa shape index (κ2) is 8.17. The van der Waals surface area contributed by atoms with Gasteiger partial charge < -0.3 is 10.0 Å². The molecular formula is C15H23NO2S2. The van der Waals surface area contributed by atoms with Crippen LogP contribution < -0.4 is 0 Å². The highest BCUT2D eigenvalue weighted by atomic mass is 32.2. The average Bonchev–Trinajstić information content (AvgIpc) is 2.93. The third kappa shape index (κ3) is 4.88. The molecule has 1 aromatic heterocycles. The van der Waals surface area contributed by atoms with Crippen LogP contribution in [0.3, 0.4) is 0 Å². The van der Waals surface area contributed by atoms with Crippen molar-refractivity contribution in [2.45, 2.75) is 42.9 Å². The van der Waals surface area contributed by atoms with E-state index in [0.717, 1.165) is 36.7 Å². The molecule has 1 atom stereocenters. The standard InChI is InChI=1S/C15H23NO2S2/c1-2-11-19-15-4-3-14(20-15)13(18)7-10-16-8-5-12(17)6-9-16/h3-4,13,18H,2,5-11H2,1H3. The summed E-state index contributed by atoms with van der Waals surface area (Å²) in [6, 6.07) is 4.16. The number of nitrogens with zero attached hydrogens (tertiary/aromatic N) is 1. The maximum absolute atomic E-state index is 11.2. The molecule has 0 aromatic carbocycles. The first-order valence-corrected chi connectivity index (χ1v) is 9.14. The van der Waals surface area contributed by atoms with Crippen molar-refractivity contribution in [3.63, 3.8) is 0 Å². The zero-order valence-electron chi connectivity index (χ0n) is 12.0. The zero-order valence-corrected chi connectivity index (χ0v) is 13.6. The van der Waals surface area contributed by atoms with E-state index in [4.69, 9.17) is 0 Å². The maximum Gasteiger partial charge on any atom is 0.135 e. The Morgan fingerprint density at radius 3 is 2.85 bits per heavy atom. The van der Waals surface area contributed by atoms with Crippen LogP contribution in [-0.4, -0.2) is 41.2 Å². The first-order valence-electron chi connectivity index (χ1n) is 7.33. The Bertz CT molecular complexity index is 423. The Balaban J connectivity index is 1.75. The second-order valence-electron chi connectivity index (χ2n) is 5.19. The summed E-state index contributed by atoms with van der Waals surface area (Å²) in [5.74, 6) is 1.51. The SMILES string of the molecule is CCCSc1ccc(C(O)CCN2CCC(=O)CC2)s1. The van der Waals surface area contributed by atoms with Crippen LogP contribution >= 0.6 is 23.1 Å². The summed E-state index contributed by atoms with van der Waals surface area (Å²) in [5, 5.41) is 10.2. The van der Waals surface area contributed by atoms with Crippen molar-refractivity contribution in [2.24, 2.45) is 0 Å². The van der Waals surface area contributed by atoms with Gasteiger partial charge in [-0.15, -0.1) is 23.1 Å². The Labute approximate surface area is 129 Å². The molecule has 0 bridgehead atoms. The minimum Gasteiger partial charge on any atom is -0.388 e. The van der Waals surface area contributed by atoms with Gasteiger partial charge in [-0.2, -0.15) is 0 Å². The highest BCUT2D eigenvalue weighted by Gasteiger charge is 2.18. The minimum atomic E-state index is -0.367. The molecule has 1 fully saturated rings. The third-order valence-corrected chi connectivity index (χ3v) is 6.13. The van der Waals surface area contributed by atoms with Gasteiger partial charge in [0.2, 0.25) is 0 Å². The molecule has 2 heterocycles. The van der Waals surface area contributed by atoms with Crippen molar-refractivity contribution in [1.82, 2.24) is 4.90 Å². The molecule has 1 aromatic rings. The van der Waals surface area contributed by atoms with Crippen molar-refractivity contribution in [3.05, 3.63) is 17.0 Å². The lowest BCUT2D eigenvalue weighted by Crippen LogP contribution is -2.35. The molecule has 0 radical (unpaired) electrons. The molecule has 0 aliphatic carbocycles. The van der Waals surface area contributed by atoms with Crippen molar-refractivity contribution in [3.8, 4) is 0 Å². The quantitative estimate of drug-likeness (QED) is 0.784. The first kappa shape index (κ1) is 16.0. The van der Waals surface area contributed by atoms with Crippen molar-refractivity contribution in [2.75, 3.05) is 25.4 Å². The maximum atomic E-state index is 11.2. The molecule has 0 amide bonds. The molecule has 1 aliphatic rings. The third-order valence-electron chi connectivity index (χ3n) is 3.51. The Kier molecular flexibility index (Phi) is 6.55. The number of rotatable bonds is 7. The molecule has 2 rings (SSSR count). The summed E-state index contributed by atoms with van der Waals surface area (Å²) >= 11 is 3.57. The van der Waals surface area contributed by atoms with Gasteiger partial charge in [0.15, 0.2) is 0 Å². The first-order chi connectivity index (χ1) is 9.69. The lowest BCUT2D eigenvalue weighted by atomic mass is 10.1. The number of Topliss-reactive ketones (excluding diaryl/α,β-unsaturated/α-hetero) is 1. The number of aliphatic hydroxyl groups excluding tert-OH is 1. The van der Waals surface area contributed by atoms with Crippen LogP contribution in [0.15, 0.2) is 16.3 Å². The van der Waals surface area contributed by atoms with Crippen molar-refractivity contribution in [1.29, 1.82) is 0 Å². The molecule has 20 heavy (non-hydrogen) atoms. The largest absolute Gasteiger partial charge is 0.388 e. The fraction of sp³-hybridized carbons (Fsp3) is 0.667. The number of thiophene rings is 1. The Morgan fingerprint density at radius 1 is 1.40 bits per heavy atom. The van der Waals surface area contributed by atoms with Crippen LogP contribution in [0, 0.1) is 0 Å². The van der Waals surface area contributed by atoms with E-state index in [1.807, 2.05) is 17.8 Å². The van der Waals surface area contributed by atoms with Crippen LogP contribution in [0.5, 0.6) is 0 Å². The van der Waals surface area contributed by atoms with Crippen molar-refractivity contribution >= 4 is 28.9 Å². The van der Waals surface area contributed by atoms with Gasteiger partial charge >= 0.3 is 0 Å². The van der Waals surface area contributed by atoms with E-state index >= 15 is 0 Å². The predicted molar refractivity (Wildman–Crippen MR) is 85.6 cm³/mol. The van der Waals surface area contributed by atoms with Gasteiger partial charge in [-0.1, -0.05) is 6.92 Å². The molecule has 1 N–H and O–H groups in total. The summed E-state index contributed by atoms with van der Waals surface area (Å²) in [5.41, 5.74) is 0. The van der Waals surface area contributed by atoms with Gasteiger partial charge in [-0.3, -0.25) is 4.79 Å². The number of hydrogen-bond donors (Lipinski definition) is 1. The smallest absolute Gasteiger partial charge is 0.135 e. The summed E-state index contributed by atoms with van der Waals surface area (Å²) in [6.45, 7) is 4.77. The van der Waals surface area contributed by atoms with Gasteiger partial charge in [0.05, 0.1) is 10.3 Å². The topological polar surface area (TPSA) is 40.5 Å². The fourth-order valence-electron chi connectivity index (χ4n) is 2.27. The molecule has 1 aliphatic heterocycles. The Hall–Kier alpha value is -0.360. The van der Waals surface area contributed by atoms with E-state index in [2.05, 4.69) is 17.9 Å². The summed E-state index contributed by atoms with van der Waals surface area (Å²) in [7, 11) is 0. The van der Waals surface area contributed by atoms with Crippen LogP contribution in [-0.2, 0) is 4.79 Å². The molecule has 1 unspecified atom stereocenters. The Morgan fingerprint density at radius 2 is 2.15 bits per heavy atom. The number of ketones is 1. The molecule has 0 saturated carbocycles. The molecule has 5 heteroatoms. The van der Waals surface area contributed by atoms with Crippen LogP contribution in [0.2, 0.25) is 0 Å². The molecule has 3 nitrogen and oxygen atoms in total. The average molecular weight is 313 g/mol. The monoisotopic (exact) mass is 313 g/mol. The van der Waals surface area contributed by atoms with E-state index in [9.17, 15) is 9.90 Å². The van der Waals surface area contributed by atoms with E-state index in [0.29, 0.717) is 18.6 Å². The summed E-state index contributed by atoms with van der Waals surface area (Å²) in [4.78, 5) is 14.5. The van der Waals surface area contributed by atoms with Gasteiger partial charge in [0.25, 0.3) is 0 Å². The summed E-state index contributed by atoms with van der Waals surface area (Å²) in [6.07, 6.45) is 2.91. The van der Waals surface area contributed by atoms with Gasteiger partial charge in [0, 0.05) is 37.4 Å². The number of carbonyl (C=O) groups is 1. The molecule has 0 spiro atoms. The second-order valence-corrected chi connectivity index (χ2v) is 7.70. The van der Waals surface area contributed by atoms with Gasteiger partial charge in [-0.25, -0.2) is 0 Å². The lowest BCUT2D eigenvalue weighted by Gasteiger charge is -2.26. The number of likely N-dealkylation sites (tertiary alicyclic amines) is 1.